The summed E-state index contributed by atoms with van der Waals surface area (Å²) >= 11 is 5.85. The number of halogens is 1. The lowest BCUT2D eigenvalue weighted by Gasteiger charge is -2.15. The van der Waals surface area contributed by atoms with Crippen molar-refractivity contribution < 1.29 is 5.11 Å². The monoisotopic (exact) mass is 336 g/mol. The summed E-state index contributed by atoms with van der Waals surface area (Å²) < 4.78 is 1.68. The van der Waals surface area contributed by atoms with Gasteiger partial charge < -0.3 is 15.7 Å². The number of aromatic nitrogens is 3. The molecular weight excluding hydrogens is 316 g/mol. The number of aryl methyl sites for hydroxylation is 1. The second kappa shape index (κ2) is 8.50. The van der Waals surface area contributed by atoms with E-state index in [0.29, 0.717) is 24.1 Å². The summed E-state index contributed by atoms with van der Waals surface area (Å²) in [7, 11) is 1.82. The number of guanidine groups is 1. The molecule has 7 nitrogen and oxygen atoms in total. The van der Waals surface area contributed by atoms with Gasteiger partial charge in [-0.25, -0.2) is 9.98 Å². The van der Waals surface area contributed by atoms with Gasteiger partial charge >= 0.3 is 0 Å². The van der Waals surface area contributed by atoms with Crippen molar-refractivity contribution in [2.24, 2.45) is 12.0 Å². The van der Waals surface area contributed by atoms with Crippen molar-refractivity contribution in [3.8, 4) is 0 Å². The van der Waals surface area contributed by atoms with E-state index in [4.69, 9.17) is 11.6 Å². The minimum Gasteiger partial charge on any atom is -0.387 e. The molecular formula is C15H21ClN6O. The lowest BCUT2D eigenvalue weighted by molar-refractivity contribution is 0.181. The first-order chi connectivity index (χ1) is 11.1. The van der Waals surface area contributed by atoms with E-state index in [9.17, 15) is 5.11 Å². The lowest BCUT2D eigenvalue weighted by Crippen LogP contribution is -2.39. The van der Waals surface area contributed by atoms with Gasteiger partial charge in [-0.05, 0) is 24.6 Å². The van der Waals surface area contributed by atoms with Crippen molar-refractivity contribution >= 4 is 17.6 Å². The first-order valence-corrected chi connectivity index (χ1v) is 7.76. The van der Waals surface area contributed by atoms with Crippen LogP contribution in [-0.2, 0) is 13.6 Å². The van der Waals surface area contributed by atoms with Crippen molar-refractivity contribution in [3.63, 3.8) is 0 Å². The van der Waals surface area contributed by atoms with Crippen LogP contribution in [0.5, 0.6) is 0 Å². The standard InChI is InChI=1S/C15H21ClN6O/c1-3-17-15(19-9-14-20-10-21-22(14)2)18-8-13(23)11-4-6-12(16)7-5-11/h4-7,10,13,23H,3,8-9H2,1-2H3,(H2,17,18,19). The summed E-state index contributed by atoms with van der Waals surface area (Å²) in [4.78, 5) is 8.56. The van der Waals surface area contributed by atoms with Gasteiger partial charge in [-0.2, -0.15) is 5.10 Å². The van der Waals surface area contributed by atoms with Gasteiger partial charge in [0.25, 0.3) is 0 Å². The van der Waals surface area contributed by atoms with Crippen LogP contribution in [0.3, 0.4) is 0 Å². The highest BCUT2D eigenvalue weighted by atomic mass is 35.5. The molecule has 1 aromatic heterocycles. The third-order valence-electron chi connectivity index (χ3n) is 3.25. The predicted octanol–water partition coefficient (Wildman–Crippen LogP) is 1.26. The summed E-state index contributed by atoms with van der Waals surface area (Å²) in [5.74, 6) is 1.38. The summed E-state index contributed by atoms with van der Waals surface area (Å²) in [6.07, 6.45) is 0.848. The molecule has 0 spiro atoms. The van der Waals surface area contributed by atoms with Crippen LogP contribution in [0.4, 0.5) is 0 Å². The lowest BCUT2D eigenvalue weighted by atomic mass is 10.1. The molecule has 8 heteroatoms. The van der Waals surface area contributed by atoms with E-state index in [0.717, 1.165) is 17.9 Å². The van der Waals surface area contributed by atoms with Crippen LogP contribution in [0.1, 0.15) is 24.4 Å². The Morgan fingerprint density at radius 1 is 1.35 bits per heavy atom. The normalized spacial score (nSPS) is 13.0. The summed E-state index contributed by atoms with van der Waals surface area (Å²) in [6, 6.07) is 7.12. The Morgan fingerprint density at radius 2 is 2.09 bits per heavy atom. The molecule has 0 bridgehead atoms. The smallest absolute Gasteiger partial charge is 0.191 e. The van der Waals surface area contributed by atoms with E-state index in [-0.39, 0.29) is 0 Å². The number of aliphatic hydroxyl groups excluding tert-OH is 1. The first kappa shape index (κ1) is 17.2. The zero-order valence-corrected chi connectivity index (χ0v) is 14.0. The highest BCUT2D eigenvalue weighted by molar-refractivity contribution is 6.30. The molecule has 124 valence electrons. The van der Waals surface area contributed by atoms with Crippen LogP contribution in [0.25, 0.3) is 0 Å². The summed E-state index contributed by atoms with van der Waals surface area (Å²) in [5.41, 5.74) is 0.797. The van der Waals surface area contributed by atoms with Crippen LogP contribution >= 0.6 is 11.6 Å². The van der Waals surface area contributed by atoms with Gasteiger partial charge in [-0.1, -0.05) is 23.7 Å². The topological polar surface area (TPSA) is 87.4 Å². The van der Waals surface area contributed by atoms with Crippen LogP contribution in [0, 0.1) is 0 Å². The Hall–Kier alpha value is -2.12. The van der Waals surface area contributed by atoms with Gasteiger partial charge in [-0.15, -0.1) is 0 Å². The van der Waals surface area contributed by atoms with E-state index >= 15 is 0 Å². The molecule has 2 aromatic rings. The van der Waals surface area contributed by atoms with Gasteiger partial charge in [0.2, 0.25) is 0 Å². The molecule has 23 heavy (non-hydrogen) atoms. The van der Waals surface area contributed by atoms with Crippen molar-refractivity contribution in [1.29, 1.82) is 0 Å². The fraction of sp³-hybridized carbons (Fsp3) is 0.400. The number of benzene rings is 1. The molecule has 1 atom stereocenters. The van der Waals surface area contributed by atoms with E-state index in [1.807, 2.05) is 14.0 Å². The Kier molecular flexibility index (Phi) is 6.37. The molecule has 0 fully saturated rings. The second-order valence-electron chi connectivity index (χ2n) is 4.94. The number of hydrogen-bond acceptors (Lipinski definition) is 4. The van der Waals surface area contributed by atoms with Crippen LogP contribution in [0.2, 0.25) is 5.02 Å². The number of aliphatic hydroxyl groups is 1. The number of rotatable bonds is 6. The Morgan fingerprint density at radius 3 is 2.70 bits per heavy atom. The van der Waals surface area contributed by atoms with Gasteiger partial charge in [-0.3, -0.25) is 4.68 Å². The molecule has 0 saturated carbocycles. The summed E-state index contributed by atoms with van der Waals surface area (Å²) in [6.45, 7) is 3.45. The molecule has 2 rings (SSSR count). The average Bonchev–Trinajstić information content (AvgIpc) is 2.95. The van der Waals surface area contributed by atoms with Crippen molar-refractivity contribution in [1.82, 2.24) is 25.4 Å². The molecule has 1 heterocycles. The molecule has 0 aliphatic heterocycles. The number of aliphatic imine (C=N–C) groups is 1. The Bertz CT molecular complexity index is 640. The average molecular weight is 337 g/mol. The molecule has 1 aromatic carbocycles. The van der Waals surface area contributed by atoms with E-state index in [1.165, 1.54) is 6.33 Å². The van der Waals surface area contributed by atoms with Crippen LogP contribution in [-0.4, -0.2) is 38.9 Å². The first-order valence-electron chi connectivity index (χ1n) is 7.38. The maximum atomic E-state index is 10.2. The molecule has 0 radical (unpaired) electrons. The van der Waals surface area contributed by atoms with Gasteiger partial charge in [0.05, 0.1) is 6.10 Å². The van der Waals surface area contributed by atoms with E-state index < -0.39 is 6.10 Å². The van der Waals surface area contributed by atoms with E-state index in [1.54, 1.807) is 28.9 Å². The van der Waals surface area contributed by atoms with Crippen molar-refractivity contribution in [3.05, 3.63) is 47.0 Å². The molecule has 0 aliphatic carbocycles. The largest absolute Gasteiger partial charge is 0.387 e. The van der Waals surface area contributed by atoms with E-state index in [2.05, 4.69) is 25.7 Å². The zero-order chi connectivity index (χ0) is 16.7. The molecule has 1 unspecified atom stereocenters. The molecule has 3 N–H and O–H groups in total. The van der Waals surface area contributed by atoms with Crippen molar-refractivity contribution in [2.45, 2.75) is 19.6 Å². The van der Waals surface area contributed by atoms with Crippen molar-refractivity contribution in [2.75, 3.05) is 13.1 Å². The fourth-order valence-corrected chi connectivity index (χ4v) is 2.08. The SMILES string of the molecule is CCNC(=NCc1ncnn1C)NCC(O)c1ccc(Cl)cc1. The van der Waals surface area contributed by atoms with Crippen LogP contribution in [0.15, 0.2) is 35.6 Å². The molecule has 0 amide bonds. The van der Waals surface area contributed by atoms with Gasteiger partial charge in [0.15, 0.2) is 5.96 Å². The minimum atomic E-state index is -0.647. The number of nitrogens with one attached hydrogen (secondary N) is 2. The highest BCUT2D eigenvalue weighted by Gasteiger charge is 2.08. The third-order valence-corrected chi connectivity index (χ3v) is 3.50. The maximum Gasteiger partial charge on any atom is 0.191 e. The third kappa shape index (κ3) is 5.22. The number of hydrogen-bond donors (Lipinski definition) is 3. The van der Waals surface area contributed by atoms with Gasteiger partial charge in [0, 0.05) is 25.2 Å². The maximum absolute atomic E-state index is 10.2. The quantitative estimate of drug-likeness (QED) is 0.546. The minimum absolute atomic E-state index is 0.340. The predicted molar refractivity (Wildman–Crippen MR) is 90.2 cm³/mol. The van der Waals surface area contributed by atoms with Gasteiger partial charge in [0.1, 0.15) is 18.7 Å². The molecule has 0 aliphatic rings. The fourth-order valence-electron chi connectivity index (χ4n) is 1.95. The Balaban J connectivity index is 1.93. The Labute approximate surface area is 140 Å². The zero-order valence-electron chi connectivity index (χ0n) is 13.2. The second-order valence-corrected chi connectivity index (χ2v) is 5.38. The summed E-state index contributed by atoms with van der Waals surface area (Å²) in [5, 5.41) is 21.1. The molecule has 0 saturated heterocycles. The highest BCUT2D eigenvalue weighted by Crippen LogP contribution is 2.15. The number of nitrogens with zero attached hydrogens (tertiary/aromatic N) is 4. The van der Waals surface area contributed by atoms with Crippen LogP contribution < -0.4 is 10.6 Å².